The fourth-order valence-electron chi connectivity index (χ4n) is 5.88. The summed E-state index contributed by atoms with van der Waals surface area (Å²) in [6.45, 7) is 6.25. The number of rotatable bonds is 14. The van der Waals surface area contributed by atoms with Gasteiger partial charge in [-0.2, -0.15) is 0 Å². The van der Waals surface area contributed by atoms with E-state index in [1.165, 1.54) is 89.9 Å². The quantitative estimate of drug-likeness (QED) is 0.218. The molecule has 2 rings (SSSR count). The maximum atomic E-state index is 3.93. The minimum atomic E-state index is 1.04. The molecule has 0 aliphatic heterocycles. The molecule has 0 spiro atoms. The molecule has 0 radical (unpaired) electrons. The topological polar surface area (TPSA) is 0 Å². The first-order valence-corrected chi connectivity index (χ1v) is 12.0. The Labute approximate surface area is 159 Å². The SMILES string of the molecule is C=CCCCC(C[C@H]1CCC[C@@H]1CCCCCCCC)C1CCCC1. The Morgan fingerprint density at radius 3 is 2.32 bits per heavy atom. The van der Waals surface area contributed by atoms with Crippen molar-refractivity contribution in [3.63, 3.8) is 0 Å². The zero-order valence-electron chi connectivity index (χ0n) is 17.3. The second kappa shape index (κ2) is 13.0. The van der Waals surface area contributed by atoms with Gasteiger partial charge in [0.2, 0.25) is 0 Å². The molecule has 0 aromatic heterocycles. The monoisotopic (exact) mass is 346 g/mol. The van der Waals surface area contributed by atoms with Crippen LogP contribution < -0.4 is 0 Å². The van der Waals surface area contributed by atoms with Crippen LogP contribution in [-0.4, -0.2) is 0 Å². The average Bonchev–Trinajstić information content (AvgIpc) is 3.29. The van der Waals surface area contributed by atoms with Gasteiger partial charge >= 0.3 is 0 Å². The summed E-state index contributed by atoms with van der Waals surface area (Å²) in [5.74, 6) is 4.26. The predicted molar refractivity (Wildman–Crippen MR) is 113 cm³/mol. The summed E-state index contributed by atoms with van der Waals surface area (Å²) < 4.78 is 0. The fourth-order valence-corrected chi connectivity index (χ4v) is 5.88. The smallest absolute Gasteiger partial charge is 0.0353 e. The Hall–Kier alpha value is -0.260. The van der Waals surface area contributed by atoms with Crippen molar-refractivity contribution in [1.29, 1.82) is 0 Å². The first-order chi connectivity index (χ1) is 12.3. The molecule has 2 aliphatic rings. The van der Waals surface area contributed by atoms with Crippen LogP contribution >= 0.6 is 0 Å². The molecule has 0 heteroatoms. The van der Waals surface area contributed by atoms with Gasteiger partial charge in [0.05, 0.1) is 0 Å². The van der Waals surface area contributed by atoms with E-state index in [1.807, 2.05) is 0 Å². The highest BCUT2D eigenvalue weighted by Gasteiger charge is 2.32. The van der Waals surface area contributed by atoms with Crippen molar-refractivity contribution in [3.8, 4) is 0 Å². The number of unbranched alkanes of at least 4 members (excludes halogenated alkanes) is 6. The molecule has 0 amide bonds. The fraction of sp³-hybridized carbons (Fsp3) is 0.920. The minimum Gasteiger partial charge on any atom is -0.103 e. The van der Waals surface area contributed by atoms with Crippen LogP contribution in [-0.2, 0) is 0 Å². The van der Waals surface area contributed by atoms with Crippen LogP contribution in [0.1, 0.15) is 122 Å². The molecular weight excluding hydrogens is 300 g/mol. The van der Waals surface area contributed by atoms with Crippen LogP contribution in [0.15, 0.2) is 12.7 Å². The third kappa shape index (κ3) is 7.88. The zero-order valence-corrected chi connectivity index (χ0v) is 17.3. The Kier molecular flexibility index (Phi) is 10.9. The Morgan fingerprint density at radius 2 is 1.56 bits per heavy atom. The number of hydrogen-bond acceptors (Lipinski definition) is 0. The zero-order chi connectivity index (χ0) is 17.7. The maximum Gasteiger partial charge on any atom is -0.0353 e. The molecule has 25 heavy (non-hydrogen) atoms. The van der Waals surface area contributed by atoms with E-state index < -0.39 is 0 Å². The molecule has 0 nitrogen and oxygen atoms in total. The van der Waals surface area contributed by atoms with Crippen molar-refractivity contribution in [3.05, 3.63) is 12.7 Å². The lowest BCUT2D eigenvalue weighted by atomic mass is 9.76. The number of allylic oxidation sites excluding steroid dienone is 1. The second-order valence-electron chi connectivity index (χ2n) is 9.27. The van der Waals surface area contributed by atoms with Crippen molar-refractivity contribution >= 4 is 0 Å². The van der Waals surface area contributed by atoms with Gasteiger partial charge in [0, 0.05) is 0 Å². The number of hydrogen-bond donors (Lipinski definition) is 0. The maximum absolute atomic E-state index is 3.93. The van der Waals surface area contributed by atoms with Crippen molar-refractivity contribution in [2.75, 3.05) is 0 Å². The summed E-state index contributed by atoms with van der Waals surface area (Å²) in [6.07, 6.45) is 28.8. The van der Waals surface area contributed by atoms with E-state index in [1.54, 1.807) is 25.7 Å². The average molecular weight is 347 g/mol. The predicted octanol–water partition coefficient (Wildman–Crippen LogP) is 8.71. The molecule has 2 aliphatic carbocycles. The first-order valence-electron chi connectivity index (χ1n) is 12.0. The van der Waals surface area contributed by atoms with Crippen LogP contribution in [0, 0.1) is 23.7 Å². The van der Waals surface area contributed by atoms with Gasteiger partial charge in [-0.3, -0.25) is 0 Å². The molecular formula is C25H46. The van der Waals surface area contributed by atoms with Gasteiger partial charge < -0.3 is 0 Å². The van der Waals surface area contributed by atoms with E-state index in [0.29, 0.717) is 0 Å². The molecule has 0 bridgehead atoms. The van der Waals surface area contributed by atoms with Gasteiger partial charge in [0.1, 0.15) is 0 Å². The third-order valence-corrected chi connectivity index (χ3v) is 7.40. The van der Waals surface area contributed by atoms with E-state index in [-0.39, 0.29) is 0 Å². The normalized spacial score (nSPS) is 25.5. The lowest BCUT2D eigenvalue weighted by Gasteiger charge is -2.29. The highest BCUT2D eigenvalue weighted by molar-refractivity contribution is 4.84. The van der Waals surface area contributed by atoms with E-state index in [2.05, 4.69) is 19.6 Å². The van der Waals surface area contributed by atoms with E-state index >= 15 is 0 Å². The molecule has 0 aromatic rings. The van der Waals surface area contributed by atoms with Crippen LogP contribution in [0.2, 0.25) is 0 Å². The Bertz CT molecular complexity index is 325. The third-order valence-electron chi connectivity index (χ3n) is 7.40. The molecule has 0 heterocycles. The van der Waals surface area contributed by atoms with Crippen molar-refractivity contribution in [1.82, 2.24) is 0 Å². The molecule has 0 N–H and O–H groups in total. The largest absolute Gasteiger partial charge is 0.103 e. The van der Waals surface area contributed by atoms with Gasteiger partial charge in [-0.05, 0) is 49.4 Å². The van der Waals surface area contributed by atoms with Crippen LogP contribution in [0.3, 0.4) is 0 Å². The van der Waals surface area contributed by atoms with E-state index in [4.69, 9.17) is 0 Å². The summed E-state index contributed by atoms with van der Waals surface area (Å²) in [4.78, 5) is 0. The Morgan fingerprint density at radius 1 is 0.840 bits per heavy atom. The van der Waals surface area contributed by atoms with Gasteiger partial charge in [0.25, 0.3) is 0 Å². The lowest BCUT2D eigenvalue weighted by Crippen LogP contribution is -2.19. The van der Waals surface area contributed by atoms with Crippen LogP contribution in [0.4, 0.5) is 0 Å². The van der Waals surface area contributed by atoms with Crippen LogP contribution in [0.25, 0.3) is 0 Å². The molecule has 146 valence electrons. The summed E-state index contributed by atoms with van der Waals surface area (Å²) >= 11 is 0. The summed E-state index contributed by atoms with van der Waals surface area (Å²) in [6, 6.07) is 0. The lowest BCUT2D eigenvalue weighted by molar-refractivity contribution is 0.215. The van der Waals surface area contributed by atoms with Crippen LogP contribution in [0.5, 0.6) is 0 Å². The van der Waals surface area contributed by atoms with Crippen molar-refractivity contribution < 1.29 is 0 Å². The molecule has 2 saturated carbocycles. The molecule has 3 atom stereocenters. The first kappa shape index (κ1) is 21.0. The summed E-state index contributed by atoms with van der Waals surface area (Å²) in [5, 5.41) is 0. The van der Waals surface area contributed by atoms with Crippen molar-refractivity contribution in [2.24, 2.45) is 23.7 Å². The van der Waals surface area contributed by atoms with Crippen molar-refractivity contribution in [2.45, 2.75) is 122 Å². The molecule has 1 unspecified atom stereocenters. The molecule has 0 saturated heterocycles. The summed E-state index contributed by atoms with van der Waals surface area (Å²) in [7, 11) is 0. The van der Waals surface area contributed by atoms with E-state index in [9.17, 15) is 0 Å². The highest BCUT2D eigenvalue weighted by Crippen LogP contribution is 2.44. The van der Waals surface area contributed by atoms with Gasteiger partial charge in [0.15, 0.2) is 0 Å². The van der Waals surface area contributed by atoms with Gasteiger partial charge in [-0.25, -0.2) is 0 Å². The van der Waals surface area contributed by atoms with E-state index in [0.717, 1.165) is 23.7 Å². The minimum absolute atomic E-state index is 1.04. The standard InChI is InChI=1S/C25H46/c1-3-5-7-8-9-11-15-23-19-14-20-25(23)21-24(18-10-6-4-2)22-16-12-13-17-22/h4,22-25H,2-3,5-21H2,1H3/t23-,24?,25+/m0/s1. The van der Waals surface area contributed by atoms with Gasteiger partial charge in [-0.15, -0.1) is 6.58 Å². The molecule has 0 aromatic carbocycles. The summed E-state index contributed by atoms with van der Waals surface area (Å²) in [5.41, 5.74) is 0. The second-order valence-corrected chi connectivity index (χ2v) is 9.27. The van der Waals surface area contributed by atoms with Gasteiger partial charge in [-0.1, -0.05) is 103 Å². The highest BCUT2D eigenvalue weighted by atomic mass is 14.4. The Balaban J connectivity index is 1.72. The molecule has 2 fully saturated rings.